The summed E-state index contributed by atoms with van der Waals surface area (Å²) in [5.74, 6) is 5.18. The van der Waals surface area contributed by atoms with Crippen molar-refractivity contribution in [2.45, 2.75) is 0 Å². The summed E-state index contributed by atoms with van der Waals surface area (Å²) >= 11 is 0. The minimum Gasteiger partial charge on any atom is -0.438 e. The average Bonchev–Trinajstić information content (AvgIpc) is 2.15. The summed E-state index contributed by atoms with van der Waals surface area (Å²) in [6.45, 7) is 0. The molecule has 2 rings (SSSR count). The first-order valence-electron chi connectivity index (χ1n) is 3.64. The molecule has 0 aliphatic rings. The number of benzene rings is 1. The minimum atomic E-state index is -0.488. The maximum Gasteiger partial charge on any atom is 1.00 e. The van der Waals surface area contributed by atoms with E-state index in [1.807, 2.05) is 0 Å². The van der Waals surface area contributed by atoms with E-state index in [1.54, 1.807) is 24.3 Å². The third kappa shape index (κ3) is 1.61. The molecule has 1 aromatic carbocycles. The zero-order valence-corrected chi connectivity index (χ0v) is 9.60. The standard InChI is InChI=1S/C8H7N3O2.Na/c9-11-8(13)6-4-2-1-3-5(6)7(12)10-11;/h1-4H,9H2,(H,10,12);/q;+1/p-1. The number of rotatable bonds is 0. The molecule has 14 heavy (non-hydrogen) atoms. The molecule has 0 amide bonds. The molecule has 0 atom stereocenters. The van der Waals surface area contributed by atoms with Crippen LogP contribution in [0, 0.1) is 0 Å². The number of hydrogen-bond donors (Lipinski definition) is 1. The van der Waals surface area contributed by atoms with E-state index in [0.29, 0.717) is 15.6 Å². The Labute approximate surface area is 101 Å². The molecule has 0 aliphatic heterocycles. The predicted molar refractivity (Wildman–Crippen MR) is 47.9 cm³/mol. The third-order valence-electron chi connectivity index (χ3n) is 1.79. The van der Waals surface area contributed by atoms with Gasteiger partial charge in [-0.25, -0.2) is 0 Å². The fourth-order valence-corrected chi connectivity index (χ4v) is 1.18. The Kier molecular flexibility index (Phi) is 3.15. The van der Waals surface area contributed by atoms with Gasteiger partial charge >= 0.3 is 29.6 Å². The van der Waals surface area contributed by atoms with Crippen molar-refractivity contribution in [2.24, 2.45) is 0 Å². The largest absolute Gasteiger partial charge is 1.00 e. The van der Waals surface area contributed by atoms with Crippen LogP contribution in [0.15, 0.2) is 33.9 Å². The fraction of sp³-hybridized carbons (Fsp3) is 0. The molecule has 0 bridgehead atoms. The summed E-state index contributed by atoms with van der Waals surface area (Å²) in [7, 11) is 0. The number of nitrogens with zero attached hydrogens (tertiary/aromatic N) is 2. The number of hydrogen-bond acceptors (Lipinski definition) is 3. The van der Waals surface area contributed by atoms with Crippen molar-refractivity contribution < 1.29 is 29.6 Å². The smallest absolute Gasteiger partial charge is 0.438 e. The van der Waals surface area contributed by atoms with Gasteiger partial charge in [0.15, 0.2) is 5.56 Å². The van der Waals surface area contributed by atoms with Gasteiger partial charge in [-0.2, -0.15) is 0 Å². The molecule has 0 aliphatic carbocycles. The molecule has 5 nitrogen and oxygen atoms in total. The Morgan fingerprint density at radius 3 is 2.36 bits per heavy atom. The summed E-state index contributed by atoms with van der Waals surface area (Å²) < 4.78 is 0. The van der Waals surface area contributed by atoms with Crippen molar-refractivity contribution in [3.63, 3.8) is 0 Å². The molecule has 6 heteroatoms. The van der Waals surface area contributed by atoms with Gasteiger partial charge in [-0.1, -0.05) is 18.2 Å². The Hall–Kier alpha value is -1.04. The second-order valence-electron chi connectivity index (χ2n) is 2.60. The van der Waals surface area contributed by atoms with Crippen LogP contribution in [0.25, 0.3) is 10.8 Å². The van der Waals surface area contributed by atoms with Crippen LogP contribution in [0.3, 0.4) is 0 Å². The van der Waals surface area contributed by atoms with Crippen LogP contribution in [0.2, 0.25) is 0 Å². The monoisotopic (exact) mass is 199 g/mol. The van der Waals surface area contributed by atoms with Gasteiger partial charge in [-0.05, 0) is 6.07 Å². The molecule has 0 saturated carbocycles. The van der Waals surface area contributed by atoms with Crippen LogP contribution in [-0.2, 0) is 0 Å². The van der Waals surface area contributed by atoms with E-state index in [9.17, 15) is 9.59 Å². The number of nitrogens with two attached hydrogens (primary N) is 1. The normalized spacial score (nSPS) is 9.71. The molecular weight excluding hydrogens is 193 g/mol. The first-order valence-corrected chi connectivity index (χ1v) is 3.64. The summed E-state index contributed by atoms with van der Waals surface area (Å²) in [6.07, 6.45) is 0. The molecule has 0 fully saturated rings. The number of fused-ring (bicyclic) bond motifs is 1. The first kappa shape index (κ1) is 11.0. The Bertz CT molecular complexity index is 573. The molecule has 0 unspecified atom stereocenters. The van der Waals surface area contributed by atoms with Crippen molar-refractivity contribution in [3.8, 4) is 0 Å². The molecule has 0 saturated heterocycles. The summed E-state index contributed by atoms with van der Waals surface area (Å²) in [5, 5.41) is 3.92. The average molecular weight is 199 g/mol. The van der Waals surface area contributed by atoms with E-state index < -0.39 is 11.1 Å². The van der Waals surface area contributed by atoms with Crippen LogP contribution >= 0.6 is 0 Å². The van der Waals surface area contributed by atoms with Crippen molar-refractivity contribution in [3.05, 3.63) is 45.0 Å². The molecule has 1 heterocycles. The van der Waals surface area contributed by atoms with E-state index >= 15 is 0 Å². The molecule has 0 radical (unpaired) electrons. The summed E-state index contributed by atoms with van der Waals surface area (Å²) in [6, 6.07) is 6.44. The van der Waals surface area contributed by atoms with E-state index in [4.69, 9.17) is 5.84 Å². The molecular formula is C8H6N3NaO2. The van der Waals surface area contributed by atoms with Crippen molar-refractivity contribution in [1.29, 1.82) is 0 Å². The van der Waals surface area contributed by atoms with Gasteiger partial charge in [0.05, 0.1) is 5.39 Å². The van der Waals surface area contributed by atoms with Crippen LogP contribution in [-0.4, -0.2) is 4.79 Å². The minimum absolute atomic E-state index is 0. The van der Waals surface area contributed by atoms with Crippen molar-refractivity contribution in [2.75, 3.05) is 5.84 Å². The van der Waals surface area contributed by atoms with Gasteiger partial charge in [-0.15, -0.1) is 0 Å². The quantitative estimate of drug-likeness (QED) is 0.347. The Morgan fingerprint density at radius 2 is 1.71 bits per heavy atom. The number of aromatic nitrogens is 2. The van der Waals surface area contributed by atoms with Crippen LogP contribution in [0.1, 0.15) is 0 Å². The Morgan fingerprint density at radius 1 is 1.14 bits per heavy atom. The van der Waals surface area contributed by atoms with E-state index in [0.717, 1.165) is 0 Å². The van der Waals surface area contributed by atoms with Gasteiger partial charge in [0.25, 0.3) is 5.56 Å². The SMILES string of the molecule is Nn1[n-]c(=O)c2ccccc2c1=O.[Na+]. The van der Waals surface area contributed by atoms with Crippen LogP contribution < -0.4 is 51.6 Å². The first-order chi connectivity index (χ1) is 6.20. The molecule has 2 N–H and O–H groups in total. The summed E-state index contributed by atoms with van der Waals surface area (Å²) in [4.78, 5) is 23.1. The topological polar surface area (TPSA) is 79.2 Å². The third-order valence-corrected chi connectivity index (χ3v) is 1.79. The molecule has 1 aromatic heterocycles. The van der Waals surface area contributed by atoms with Gasteiger partial charge in [0.1, 0.15) is 0 Å². The second kappa shape index (κ2) is 4.00. The summed E-state index contributed by atoms with van der Waals surface area (Å²) in [5.41, 5.74) is -0.951. The van der Waals surface area contributed by atoms with Crippen LogP contribution in [0.5, 0.6) is 0 Å². The van der Waals surface area contributed by atoms with E-state index in [2.05, 4.69) is 5.10 Å². The van der Waals surface area contributed by atoms with Gasteiger partial charge < -0.3 is 15.7 Å². The van der Waals surface area contributed by atoms with E-state index in [-0.39, 0.29) is 29.6 Å². The van der Waals surface area contributed by atoms with E-state index in [1.165, 1.54) is 0 Å². The maximum absolute atomic E-state index is 11.3. The van der Waals surface area contributed by atoms with Crippen molar-refractivity contribution in [1.82, 2.24) is 9.89 Å². The predicted octanol–water partition coefficient (Wildman–Crippen LogP) is -3.96. The van der Waals surface area contributed by atoms with Gasteiger partial charge in [-0.3, -0.25) is 9.59 Å². The van der Waals surface area contributed by atoms with Crippen LogP contribution in [0.4, 0.5) is 0 Å². The van der Waals surface area contributed by atoms with Gasteiger partial charge in [0, 0.05) is 5.39 Å². The second-order valence-corrected chi connectivity index (χ2v) is 2.60. The molecule has 0 spiro atoms. The zero-order valence-electron chi connectivity index (χ0n) is 7.60. The number of nitrogen functional groups attached to an aromatic ring is 1. The molecule has 66 valence electrons. The molecule has 2 aromatic rings. The Balaban J connectivity index is 0.000000980. The van der Waals surface area contributed by atoms with Crippen molar-refractivity contribution >= 4 is 10.8 Å². The maximum atomic E-state index is 11.3. The van der Waals surface area contributed by atoms with Gasteiger partial charge in [0.2, 0.25) is 0 Å². The zero-order chi connectivity index (χ0) is 9.42. The fourth-order valence-electron chi connectivity index (χ4n) is 1.18.